The zero-order valence-electron chi connectivity index (χ0n) is 13.7. The number of amides is 2. The van der Waals surface area contributed by atoms with Crippen molar-refractivity contribution in [3.63, 3.8) is 0 Å². The third-order valence-electron chi connectivity index (χ3n) is 3.87. The van der Waals surface area contributed by atoms with Gasteiger partial charge >= 0.3 is 5.97 Å². The lowest BCUT2D eigenvalue weighted by Gasteiger charge is -2.13. The van der Waals surface area contributed by atoms with Gasteiger partial charge in [-0.2, -0.15) is 5.26 Å². The number of pyridine rings is 1. The summed E-state index contributed by atoms with van der Waals surface area (Å²) in [5, 5.41) is 9.70. The van der Waals surface area contributed by atoms with Crippen molar-refractivity contribution in [3.05, 3.63) is 57.5 Å². The molecule has 130 valence electrons. The molecule has 0 atom stereocenters. The first-order valence-electron chi connectivity index (χ1n) is 7.73. The standard InChI is InChI=1S/C18H13N3O5/c1-10-7-13(14(9-19)17(24)20-10)11-3-2-4-12(8-11)18(25)26-21-15(22)5-6-16(21)23/h2-4,7-8H,5-6H2,1H3,(H,20,24). The number of benzene rings is 1. The van der Waals surface area contributed by atoms with E-state index in [0.29, 0.717) is 21.9 Å². The molecule has 26 heavy (non-hydrogen) atoms. The number of hydrogen-bond acceptors (Lipinski definition) is 6. The fourth-order valence-corrected chi connectivity index (χ4v) is 2.63. The second-order valence-electron chi connectivity index (χ2n) is 5.72. The molecule has 8 nitrogen and oxygen atoms in total. The van der Waals surface area contributed by atoms with Crippen LogP contribution in [-0.2, 0) is 14.4 Å². The molecule has 0 saturated carbocycles. The highest BCUT2D eigenvalue weighted by Gasteiger charge is 2.33. The Kier molecular flexibility index (Phi) is 4.37. The molecule has 1 aromatic heterocycles. The summed E-state index contributed by atoms with van der Waals surface area (Å²) < 4.78 is 0. The zero-order chi connectivity index (χ0) is 18.8. The molecule has 8 heteroatoms. The number of imide groups is 1. The molecule has 1 aliphatic heterocycles. The van der Waals surface area contributed by atoms with Gasteiger partial charge in [0.05, 0.1) is 5.56 Å². The smallest absolute Gasteiger partial charge is 0.325 e. The molecule has 1 N–H and O–H groups in total. The maximum Gasteiger partial charge on any atom is 0.363 e. The van der Waals surface area contributed by atoms with E-state index in [1.165, 1.54) is 12.1 Å². The van der Waals surface area contributed by atoms with Crippen LogP contribution in [0.15, 0.2) is 35.1 Å². The summed E-state index contributed by atoms with van der Waals surface area (Å²) in [7, 11) is 0. The van der Waals surface area contributed by atoms with E-state index in [4.69, 9.17) is 4.84 Å². The third-order valence-corrected chi connectivity index (χ3v) is 3.87. The first-order valence-corrected chi connectivity index (χ1v) is 7.73. The predicted octanol–water partition coefficient (Wildman–Crippen LogP) is 1.44. The molecular formula is C18H13N3O5. The van der Waals surface area contributed by atoms with E-state index < -0.39 is 23.3 Å². The highest BCUT2D eigenvalue weighted by Crippen LogP contribution is 2.24. The molecule has 0 aliphatic carbocycles. The number of nitriles is 1. The number of carbonyl (C=O) groups is 3. The van der Waals surface area contributed by atoms with Crippen molar-refractivity contribution in [1.29, 1.82) is 5.26 Å². The molecule has 0 radical (unpaired) electrons. The Morgan fingerprint density at radius 2 is 1.88 bits per heavy atom. The minimum Gasteiger partial charge on any atom is -0.325 e. The summed E-state index contributed by atoms with van der Waals surface area (Å²) in [5.74, 6) is -2.02. The Hall–Kier alpha value is -3.73. The fraction of sp³-hybridized carbons (Fsp3) is 0.167. The normalized spacial score (nSPS) is 13.6. The van der Waals surface area contributed by atoms with E-state index in [9.17, 15) is 24.4 Å². The lowest BCUT2D eigenvalue weighted by Crippen LogP contribution is -2.32. The van der Waals surface area contributed by atoms with Crippen molar-refractivity contribution in [3.8, 4) is 17.2 Å². The topological polar surface area (TPSA) is 120 Å². The molecule has 2 aromatic rings. The van der Waals surface area contributed by atoms with Gasteiger partial charge in [0.2, 0.25) is 0 Å². The van der Waals surface area contributed by atoms with Crippen LogP contribution in [0.25, 0.3) is 11.1 Å². The van der Waals surface area contributed by atoms with E-state index in [1.54, 1.807) is 25.1 Å². The highest BCUT2D eigenvalue weighted by molar-refractivity contribution is 6.03. The van der Waals surface area contributed by atoms with E-state index in [1.807, 2.05) is 6.07 Å². The number of carbonyl (C=O) groups excluding carboxylic acids is 3. The van der Waals surface area contributed by atoms with Crippen molar-refractivity contribution in [2.24, 2.45) is 0 Å². The number of H-pyrrole nitrogens is 1. The van der Waals surface area contributed by atoms with Crippen molar-refractivity contribution in [2.75, 3.05) is 0 Å². The average Bonchev–Trinajstić information content (AvgIpc) is 2.93. The molecule has 0 unspecified atom stereocenters. The van der Waals surface area contributed by atoms with Crippen LogP contribution in [0, 0.1) is 18.3 Å². The van der Waals surface area contributed by atoms with Gasteiger partial charge < -0.3 is 9.82 Å². The first kappa shape index (κ1) is 17.1. The number of nitrogens with one attached hydrogen (secondary N) is 1. The predicted molar refractivity (Wildman–Crippen MR) is 88.5 cm³/mol. The molecule has 0 bridgehead atoms. The van der Waals surface area contributed by atoms with Gasteiger partial charge in [-0.05, 0) is 30.7 Å². The summed E-state index contributed by atoms with van der Waals surface area (Å²) in [6.07, 6.45) is 0.00744. The maximum absolute atomic E-state index is 12.3. The summed E-state index contributed by atoms with van der Waals surface area (Å²) in [6, 6.07) is 9.54. The van der Waals surface area contributed by atoms with Crippen LogP contribution < -0.4 is 5.56 Å². The van der Waals surface area contributed by atoms with E-state index >= 15 is 0 Å². The van der Waals surface area contributed by atoms with Crippen molar-refractivity contribution in [2.45, 2.75) is 19.8 Å². The number of hydrogen-bond donors (Lipinski definition) is 1. The molecule has 2 heterocycles. The third kappa shape index (κ3) is 3.10. The summed E-state index contributed by atoms with van der Waals surface area (Å²) in [6.45, 7) is 1.68. The number of aryl methyl sites for hydroxylation is 1. The summed E-state index contributed by atoms with van der Waals surface area (Å²) in [4.78, 5) is 54.7. The number of nitrogens with zero attached hydrogens (tertiary/aromatic N) is 2. The number of aromatic amines is 1. The van der Waals surface area contributed by atoms with Gasteiger partial charge in [0.15, 0.2) is 0 Å². The lowest BCUT2D eigenvalue weighted by atomic mass is 9.99. The minimum atomic E-state index is -0.879. The van der Waals surface area contributed by atoms with Gasteiger partial charge in [-0.3, -0.25) is 14.4 Å². The van der Waals surface area contributed by atoms with Gasteiger partial charge in [-0.25, -0.2) is 4.79 Å². The quantitative estimate of drug-likeness (QED) is 0.836. The fourth-order valence-electron chi connectivity index (χ4n) is 2.63. The molecule has 1 aromatic carbocycles. The maximum atomic E-state index is 12.3. The van der Waals surface area contributed by atoms with Crippen molar-refractivity contribution < 1.29 is 19.2 Å². The minimum absolute atomic E-state index is 0.00372. The summed E-state index contributed by atoms with van der Waals surface area (Å²) >= 11 is 0. The molecule has 2 amide bonds. The Morgan fingerprint density at radius 1 is 1.19 bits per heavy atom. The largest absolute Gasteiger partial charge is 0.363 e. The second kappa shape index (κ2) is 6.64. The number of rotatable bonds is 3. The van der Waals surface area contributed by atoms with Gasteiger partial charge in [-0.1, -0.05) is 12.1 Å². The second-order valence-corrected chi connectivity index (χ2v) is 5.72. The number of aromatic nitrogens is 1. The summed E-state index contributed by atoms with van der Waals surface area (Å²) in [5.41, 5.74) is 0.873. The van der Waals surface area contributed by atoms with E-state index in [2.05, 4.69) is 4.98 Å². The van der Waals surface area contributed by atoms with Crippen LogP contribution in [-0.4, -0.2) is 27.8 Å². The molecule has 3 rings (SSSR count). The van der Waals surface area contributed by atoms with E-state index in [-0.39, 0.29) is 24.0 Å². The average molecular weight is 351 g/mol. The van der Waals surface area contributed by atoms with Crippen LogP contribution in [0.3, 0.4) is 0 Å². The monoisotopic (exact) mass is 351 g/mol. The van der Waals surface area contributed by atoms with E-state index in [0.717, 1.165) is 0 Å². The SMILES string of the molecule is Cc1cc(-c2cccc(C(=O)ON3C(=O)CCC3=O)c2)c(C#N)c(=O)[nH]1. The van der Waals surface area contributed by atoms with Crippen LogP contribution in [0.4, 0.5) is 0 Å². The van der Waals surface area contributed by atoms with Gasteiger partial charge in [0, 0.05) is 24.1 Å². The Balaban J connectivity index is 1.96. The first-order chi connectivity index (χ1) is 12.4. The zero-order valence-corrected chi connectivity index (χ0v) is 13.7. The van der Waals surface area contributed by atoms with Crippen LogP contribution in [0.1, 0.15) is 34.5 Å². The van der Waals surface area contributed by atoms with Crippen molar-refractivity contribution >= 4 is 17.8 Å². The van der Waals surface area contributed by atoms with Crippen molar-refractivity contribution in [1.82, 2.24) is 10.0 Å². The molecule has 1 saturated heterocycles. The number of hydroxylamine groups is 2. The van der Waals surface area contributed by atoms with Gasteiger partial charge in [0.25, 0.3) is 17.4 Å². The lowest BCUT2D eigenvalue weighted by molar-refractivity contribution is -0.172. The molecule has 1 aliphatic rings. The Bertz CT molecular complexity index is 1020. The van der Waals surface area contributed by atoms with Crippen LogP contribution in [0.2, 0.25) is 0 Å². The van der Waals surface area contributed by atoms with Gasteiger partial charge in [-0.15, -0.1) is 5.06 Å². The van der Waals surface area contributed by atoms with Gasteiger partial charge in [0.1, 0.15) is 11.6 Å². The highest BCUT2D eigenvalue weighted by atomic mass is 16.7. The molecular weight excluding hydrogens is 338 g/mol. The molecule has 1 fully saturated rings. The van der Waals surface area contributed by atoms with Crippen LogP contribution in [0.5, 0.6) is 0 Å². The Labute approximate surface area is 147 Å². The van der Waals surface area contributed by atoms with Crippen LogP contribution >= 0.6 is 0 Å². The Morgan fingerprint density at radius 3 is 2.54 bits per heavy atom. The molecule has 0 spiro atoms.